The monoisotopic (exact) mass is 555 g/mol. The summed E-state index contributed by atoms with van der Waals surface area (Å²) in [5.74, 6) is -0.592. The third kappa shape index (κ3) is 8.30. The van der Waals surface area contributed by atoms with Gasteiger partial charge in [0.15, 0.2) is 0 Å². The summed E-state index contributed by atoms with van der Waals surface area (Å²) in [6, 6.07) is 5.14. The molecule has 12 nitrogen and oxygen atoms in total. The Kier molecular flexibility index (Phi) is 9.96. The number of aliphatic hydroxyl groups is 1. The number of benzene rings is 1. The van der Waals surface area contributed by atoms with Crippen LogP contribution in [0.3, 0.4) is 0 Å². The van der Waals surface area contributed by atoms with E-state index in [2.05, 4.69) is 16.0 Å². The Morgan fingerprint density at radius 3 is 2.42 bits per heavy atom. The second-order valence-electron chi connectivity index (χ2n) is 10.3. The molecule has 1 saturated carbocycles. The Hall–Kier alpha value is -2.90. The molecule has 212 valence electrons. The first-order chi connectivity index (χ1) is 17.9. The molecule has 0 aromatic heterocycles. The van der Waals surface area contributed by atoms with E-state index in [1.165, 1.54) is 0 Å². The maximum absolute atomic E-state index is 13.1. The molecule has 2 fully saturated rings. The fraction of sp³-hybridized carbons (Fsp3) is 0.640. The molecule has 1 aromatic rings. The fourth-order valence-electron chi connectivity index (χ4n) is 4.67. The molecular formula is C25H37N3O9S. The zero-order chi connectivity index (χ0) is 28.0. The number of methoxy groups -OCH3 is 1. The average molecular weight is 556 g/mol. The van der Waals surface area contributed by atoms with Gasteiger partial charge in [0.2, 0.25) is 17.3 Å². The van der Waals surface area contributed by atoms with Gasteiger partial charge in [-0.1, -0.05) is 26.0 Å². The first kappa shape index (κ1) is 29.7. The lowest BCUT2D eigenvalue weighted by molar-refractivity contribution is -0.126. The molecule has 13 heteroatoms. The highest BCUT2D eigenvalue weighted by Gasteiger charge is 2.40. The summed E-state index contributed by atoms with van der Waals surface area (Å²) >= 11 is 0. The zero-order valence-electron chi connectivity index (χ0n) is 21.8. The number of ether oxygens (including phenoxy) is 2. The average Bonchev–Trinajstić information content (AvgIpc) is 3.53. The highest BCUT2D eigenvalue weighted by Crippen LogP contribution is 2.47. The van der Waals surface area contributed by atoms with E-state index in [4.69, 9.17) is 9.47 Å². The summed E-state index contributed by atoms with van der Waals surface area (Å²) in [6.07, 6.45) is 0.457. The van der Waals surface area contributed by atoms with Gasteiger partial charge in [-0.15, -0.1) is 0 Å². The molecule has 1 saturated heterocycles. The second kappa shape index (κ2) is 12.8. The van der Waals surface area contributed by atoms with Gasteiger partial charge in [-0.25, -0.2) is 4.79 Å². The van der Waals surface area contributed by atoms with Gasteiger partial charge in [0.05, 0.1) is 19.8 Å². The Balaban J connectivity index is 1.58. The lowest BCUT2D eigenvalue weighted by Gasteiger charge is -2.27. The number of hydrogen-bond acceptors (Lipinski definition) is 8. The van der Waals surface area contributed by atoms with Crippen LogP contribution in [0.2, 0.25) is 0 Å². The summed E-state index contributed by atoms with van der Waals surface area (Å²) in [5, 5.41) is 17.7. The number of carbonyl (C=O) groups is 3. The third-order valence-electron chi connectivity index (χ3n) is 6.89. The summed E-state index contributed by atoms with van der Waals surface area (Å²) in [7, 11) is -3.34. The van der Waals surface area contributed by atoms with E-state index in [0.29, 0.717) is 13.0 Å². The highest BCUT2D eigenvalue weighted by molar-refractivity contribution is 7.86. The van der Waals surface area contributed by atoms with Gasteiger partial charge in [-0.2, -0.15) is 8.42 Å². The van der Waals surface area contributed by atoms with E-state index in [1.807, 2.05) is 38.1 Å². The van der Waals surface area contributed by atoms with E-state index in [-0.39, 0.29) is 43.1 Å². The van der Waals surface area contributed by atoms with E-state index >= 15 is 0 Å². The topological polar surface area (TPSA) is 180 Å². The molecule has 5 N–H and O–H groups in total. The predicted octanol–water partition coefficient (Wildman–Crippen LogP) is 1.16. The van der Waals surface area contributed by atoms with Crippen LogP contribution in [0, 0.1) is 17.8 Å². The number of hydrogen-bond donors (Lipinski definition) is 5. The van der Waals surface area contributed by atoms with Gasteiger partial charge < -0.3 is 30.5 Å². The van der Waals surface area contributed by atoms with Crippen molar-refractivity contribution in [2.24, 2.45) is 17.8 Å². The molecule has 0 unspecified atom stereocenters. The van der Waals surface area contributed by atoms with Crippen molar-refractivity contribution in [1.29, 1.82) is 0 Å². The van der Waals surface area contributed by atoms with Crippen LogP contribution in [-0.4, -0.2) is 73.8 Å². The lowest BCUT2D eigenvalue weighted by atomic mass is 9.97. The minimum Gasteiger partial charge on any atom is -0.497 e. The molecule has 1 heterocycles. The molecule has 0 radical (unpaired) electrons. The number of nitrogens with one attached hydrogen (secondary N) is 3. The van der Waals surface area contributed by atoms with E-state index in [1.54, 1.807) is 7.11 Å². The van der Waals surface area contributed by atoms with Crippen LogP contribution in [0.15, 0.2) is 24.3 Å². The van der Waals surface area contributed by atoms with E-state index in [0.717, 1.165) is 17.7 Å². The first-order valence-electron chi connectivity index (χ1n) is 12.7. The van der Waals surface area contributed by atoms with Gasteiger partial charge in [0, 0.05) is 18.4 Å². The van der Waals surface area contributed by atoms with Gasteiger partial charge in [0.25, 0.3) is 10.1 Å². The third-order valence-corrected chi connectivity index (χ3v) is 7.83. The molecule has 2 aliphatic rings. The van der Waals surface area contributed by atoms with Crippen molar-refractivity contribution in [2.45, 2.75) is 63.0 Å². The van der Waals surface area contributed by atoms with E-state index in [9.17, 15) is 32.5 Å². The normalized spacial score (nSPS) is 23.2. The lowest BCUT2D eigenvalue weighted by Crippen LogP contribution is -2.55. The van der Waals surface area contributed by atoms with E-state index < -0.39 is 45.6 Å². The van der Waals surface area contributed by atoms with Crippen molar-refractivity contribution in [3.8, 4) is 5.75 Å². The number of alkyl carbamates (subject to hydrolysis) is 1. The van der Waals surface area contributed by atoms with Crippen LogP contribution < -0.4 is 20.7 Å². The van der Waals surface area contributed by atoms with Crippen molar-refractivity contribution >= 4 is 28.0 Å². The molecule has 0 bridgehead atoms. The molecule has 6 atom stereocenters. The number of aliphatic hydroxyl groups excluding tert-OH is 1. The minimum atomic E-state index is -4.93. The number of rotatable bonds is 13. The Morgan fingerprint density at radius 1 is 1.18 bits per heavy atom. The Morgan fingerprint density at radius 2 is 1.87 bits per heavy atom. The van der Waals surface area contributed by atoms with Crippen molar-refractivity contribution < 1.29 is 41.9 Å². The molecule has 1 aromatic carbocycles. The SMILES string of the molecule is COc1ccc([C@@H]2C[C@H]2COC(=O)N[C@@H](CC(C)C)C(=O)N[C@@H](C[C@@H]2CCNC2=O)[C@@H](O)S(=O)(=O)O)cc1. The summed E-state index contributed by atoms with van der Waals surface area (Å²) in [5.41, 5.74) is -1.22. The van der Waals surface area contributed by atoms with Crippen LogP contribution in [0.25, 0.3) is 0 Å². The quantitative estimate of drug-likeness (QED) is 0.223. The largest absolute Gasteiger partial charge is 0.497 e. The van der Waals surface area contributed by atoms with Crippen molar-refractivity contribution in [2.75, 3.05) is 20.3 Å². The molecule has 1 aliphatic carbocycles. The predicted molar refractivity (Wildman–Crippen MR) is 137 cm³/mol. The number of amides is 3. The Labute approximate surface area is 222 Å². The molecule has 38 heavy (non-hydrogen) atoms. The Bertz CT molecular complexity index is 1090. The molecule has 1 aliphatic heterocycles. The summed E-state index contributed by atoms with van der Waals surface area (Å²) in [4.78, 5) is 37.6. The van der Waals surface area contributed by atoms with Crippen LogP contribution in [0.5, 0.6) is 5.75 Å². The molecule has 0 spiro atoms. The smallest absolute Gasteiger partial charge is 0.407 e. The number of carbonyl (C=O) groups excluding carboxylic acids is 3. The van der Waals surface area contributed by atoms with Crippen LogP contribution >= 0.6 is 0 Å². The zero-order valence-corrected chi connectivity index (χ0v) is 22.6. The molecule has 3 rings (SSSR count). The minimum absolute atomic E-state index is 0.0282. The van der Waals surface area contributed by atoms with Crippen molar-refractivity contribution in [1.82, 2.24) is 16.0 Å². The van der Waals surface area contributed by atoms with Crippen molar-refractivity contribution in [3.63, 3.8) is 0 Å². The maximum atomic E-state index is 13.1. The van der Waals surface area contributed by atoms with Crippen LogP contribution in [0.4, 0.5) is 4.79 Å². The summed E-state index contributed by atoms with van der Waals surface area (Å²) in [6.45, 7) is 4.23. The standard InChI is InChI=1S/C25H37N3O9S/c1-14(2)10-20(23(30)27-21(24(31)38(33,34)35)12-16-8-9-26-22(16)29)28-25(32)37-13-17-11-19(17)15-4-6-18(36-3)7-5-15/h4-7,14,16-17,19-21,24,31H,8-13H2,1-3H3,(H,26,29)(H,27,30)(H,28,32)(H,33,34,35)/t16-,17-,19-,20-,21-,24-/m0/s1. The second-order valence-corrected chi connectivity index (χ2v) is 11.8. The van der Waals surface area contributed by atoms with Gasteiger partial charge in [-0.05, 0) is 55.2 Å². The van der Waals surface area contributed by atoms with Gasteiger partial charge in [0.1, 0.15) is 11.8 Å². The van der Waals surface area contributed by atoms with Gasteiger partial charge in [-0.3, -0.25) is 14.1 Å². The fourth-order valence-corrected chi connectivity index (χ4v) is 5.27. The maximum Gasteiger partial charge on any atom is 0.407 e. The van der Waals surface area contributed by atoms with Crippen LogP contribution in [0.1, 0.15) is 51.0 Å². The summed E-state index contributed by atoms with van der Waals surface area (Å²) < 4.78 is 43.1. The van der Waals surface area contributed by atoms with Gasteiger partial charge >= 0.3 is 6.09 Å². The van der Waals surface area contributed by atoms with Crippen molar-refractivity contribution in [3.05, 3.63) is 29.8 Å². The highest BCUT2D eigenvalue weighted by atomic mass is 32.2. The molecule has 3 amide bonds. The van der Waals surface area contributed by atoms with Crippen LogP contribution in [-0.2, 0) is 24.4 Å². The first-order valence-corrected chi connectivity index (χ1v) is 14.2. The molecular weight excluding hydrogens is 518 g/mol.